The van der Waals surface area contributed by atoms with E-state index in [1.54, 1.807) is 4.90 Å². The van der Waals surface area contributed by atoms with Gasteiger partial charge in [-0.3, -0.25) is 9.59 Å². The van der Waals surface area contributed by atoms with Gasteiger partial charge in [0.25, 0.3) is 11.5 Å². The molecule has 28 heavy (non-hydrogen) atoms. The summed E-state index contributed by atoms with van der Waals surface area (Å²) >= 11 is 0. The summed E-state index contributed by atoms with van der Waals surface area (Å²) in [6.45, 7) is 1.12. The maximum atomic E-state index is 13.3. The van der Waals surface area contributed by atoms with Crippen LogP contribution in [0.15, 0.2) is 23.0 Å². The molecule has 0 radical (unpaired) electrons. The molecular formula is C21H22FN3O3. The minimum absolute atomic E-state index is 0.00377. The van der Waals surface area contributed by atoms with Gasteiger partial charge in [0.15, 0.2) is 11.6 Å². The predicted octanol–water partition coefficient (Wildman–Crippen LogP) is 2.61. The molecule has 1 saturated heterocycles. The van der Waals surface area contributed by atoms with Crippen LogP contribution in [-0.4, -0.2) is 39.0 Å². The number of phenolic OH excluding ortho intramolecular Hbond substituents is 1. The molecule has 1 aliphatic heterocycles. The lowest BCUT2D eigenvalue weighted by Crippen LogP contribution is -2.45. The van der Waals surface area contributed by atoms with E-state index < -0.39 is 11.6 Å². The number of nitrogens with zero attached hydrogens (tertiary/aromatic N) is 2. The first kappa shape index (κ1) is 17.4. The molecule has 1 spiro atoms. The van der Waals surface area contributed by atoms with Crippen LogP contribution in [0.25, 0.3) is 0 Å². The highest BCUT2D eigenvalue weighted by Crippen LogP contribution is 2.46. The molecule has 5 rings (SSSR count). The summed E-state index contributed by atoms with van der Waals surface area (Å²) in [6, 6.07) is 3.68. The molecule has 1 aromatic carbocycles. The summed E-state index contributed by atoms with van der Waals surface area (Å²) in [4.78, 5) is 34.8. The average molecular weight is 383 g/mol. The molecular weight excluding hydrogens is 361 g/mol. The van der Waals surface area contributed by atoms with Gasteiger partial charge in [0.05, 0.1) is 5.69 Å². The Morgan fingerprint density at radius 2 is 2.00 bits per heavy atom. The molecule has 0 bridgehead atoms. The summed E-state index contributed by atoms with van der Waals surface area (Å²) in [5, 5.41) is 9.54. The van der Waals surface area contributed by atoms with Crippen LogP contribution in [0.4, 0.5) is 4.39 Å². The van der Waals surface area contributed by atoms with Crippen LogP contribution in [0.5, 0.6) is 5.75 Å². The van der Waals surface area contributed by atoms with Gasteiger partial charge >= 0.3 is 0 Å². The second-order valence-corrected chi connectivity index (χ2v) is 8.29. The van der Waals surface area contributed by atoms with Gasteiger partial charge in [-0.2, -0.15) is 0 Å². The van der Waals surface area contributed by atoms with Crippen molar-refractivity contribution in [3.63, 3.8) is 0 Å². The fourth-order valence-electron chi connectivity index (χ4n) is 4.67. The van der Waals surface area contributed by atoms with Crippen molar-refractivity contribution in [2.45, 2.75) is 49.9 Å². The number of hydrogen-bond acceptors (Lipinski definition) is 4. The molecule has 2 aromatic rings. The molecule has 6 nitrogen and oxygen atoms in total. The van der Waals surface area contributed by atoms with Crippen LogP contribution in [-0.2, 0) is 11.8 Å². The van der Waals surface area contributed by atoms with E-state index >= 15 is 0 Å². The lowest BCUT2D eigenvalue weighted by atomic mass is 9.76. The van der Waals surface area contributed by atoms with Gasteiger partial charge < -0.3 is 15.0 Å². The Hall–Kier alpha value is -2.70. The smallest absolute Gasteiger partial charge is 0.254 e. The van der Waals surface area contributed by atoms with E-state index in [1.807, 2.05) is 0 Å². The molecule has 0 atom stereocenters. The third-order valence-corrected chi connectivity index (χ3v) is 6.55. The van der Waals surface area contributed by atoms with Crippen molar-refractivity contribution < 1.29 is 14.3 Å². The van der Waals surface area contributed by atoms with Crippen LogP contribution in [0.3, 0.4) is 0 Å². The summed E-state index contributed by atoms with van der Waals surface area (Å²) in [6.07, 6.45) is 5.33. The number of halogens is 1. The van der Waals surface area contributed by atoms with E-state index in [9.17, 15) is 19.1 Å². The fourth-order valence-corrected chi connectivity index (χ4v) is 4.67. The minimum atomic E-state index is -0.737. The average Bonchev–Trinajstić information content (AvgIpc) is 3.49. The van der Waals surface area contributed by atoms with Crippen molar-refractivity contribution in [1.29, 1.82) is 0 Å². The van der Waals surface area contributed by atoms with E-state index in [0.29, 0.717) is 19.0 Å². The number of likely N-dealkylation sites (tertiary alicyclic amines) is 1. The molecule has 2 fully saturated rings. The van der Waals surface area contributed by atoms with Crippen molar-refractivity contribution in [3.8, 4) is 5.75 Å². The van der Waals surface area contributed by atoms with Crippen molar-refractivity contribution in [2.24, 2.45) is 0 Å². The number of fused-ring (bicyclic) bond motifs is 2. The minimum Gasteiger partial charge on any atom is -0.505 e. The number of piperidine rings is 1. The zero-order valence-corrected chi connectivity index (χ0v) is 15.5. The monoisotopic (exact) mass is 383 g/mol. The van der Waals surface area contributed by atoms with Gasteiger partial charge in [0.1, 0.15) is 5.82 Å². The van der Waals surface area contributed by atoms with Crippen LogP contribution in [0.2, 0.25) is 0 Å². The normalized spacial score (nSPS) is 20.4. The second-order valence-electron chi connectivity index (χ2n) is 8.29. The number of aromatic hydroxyl groups is 1. The highest BCUT2D eigenvalue weighted by molar-refractivity contribution is 5.94. The highest BCUT2D eigenvalue weighted by Gasteiger charge is 2.45. The van der Waals surface area contributed by atoms with Crippen molar-refractivity contribution >= 4 is 5.91 Å². The number of aromatic nitrogens is 2. The highest BCUT2D eigenvalue weighted by atomic mass is 19.1. The van der Waals surface area contributed by atoms with Gasteiger partial charge in [-0.15, -0.1) is 0 Å². The molecule has 2 N–H and O–H groups in total. The number of hydrogen-bond donors (Lipinski definition) is 2. The quantitative estimate of drug-likeness (QED) is 0.835. The van der Waals surface area contributed by atoms with Crippen molar-refractivity contribution in [2.75, 3.05) is 13.1 Å². The zero-order valence-electron chi connectivity index (χ0n) is 15.5. The number of benzene rings is 1. The third-order valence-electron chi connectivity index (χ3n) is 6.55. The fraction of sp³-hybridized carbons (Fsp3) is 0.476. The Labute approximate surface area is 161 Å². The van der Waals surface area contributed by atoms with E-state index in [1.165, 1.54) is 12.1 Å². The van der Waals surface area contributed by atoms with E-state index in [-0.39, 0.29) is 22.4 Å². The SMILES string of the molecule is O=C(c1ccc(F)c(O)c1)N1CCC2(CCc3c2nc(C2CC2)[nH]c3=O)CC1. The summed E-state index contributed by atoms with van der Waals surface area (Å²) in [5.74, 6) is -0.241. The van der Waals surface area contributed by atoms with Gasteiger partial charge in [0.2, 0.25) is 0 Å². The largest absolute Gasteiger partial charge is 0.505 e. The maximum Gasteiger partial charge on any atom is 0.254 e. The first-order chi connectivity index (χ1) is 13.5. The Bertz CT molecular complexity index is 1020. The molecule has 1 amide bonds. The van der Waals surface area contributed by atoms with E-state index in [2.05, 4.69) is 4.98 Å². The standard InChI is InChI=1S/C21H22FN3O3/c22-15-4-3-13(11-16(15)26)20(28)25-9-7-21(8-10-25)6-5-14-17(21)23-18(12-1-2-12)24-19(14)27/h3-4,11-12,26H,1-2,5-10H2,(H,23,24,27). The van der Waals surface area contributed by atoms with Gasteiger partial charge in [-0.25, -0.2) is 9.37 Å². The number of H-pyrrole nitrogens is 1. The lowest BCUT2D eigenvalue weighted by molar-refractivity contribution is 0.0663. The Morgan fingerprint density at radius 1 is 1.25 bits per heavy atom. The Morgan fingerprint density at radius 3 is 2.68 bits per heavy atom. The summed E-state index contributed by atoms with van der Waals surface area (Å²) in [5.41, 5.74) is 1.92. The zero-order chi connectivity index (χ0) is 19.5. The molecule has 2 heterocycles. The molecule has 7 heteroatoms. The summed E-state index contributed by atoms with van der Waals surface area (Å²) in [7, 11) is 0. The predicted molar refractivity (Wildman–Crippen MR) is 100 cm³/mol. The molecule has 3 aliphatic rings. The second kappa shape index (κ2) is 6.15. The van der Waals surface area contributed by atoms with E-state index in [0.717, 1.165) is 61.7 Å². The number of nitrogens with one attached hydrogen (secondary N) is 1. The number of carbonyl (C=O) groups is 1. The van der Waals surface area contributed by atoms with Crippen LogP contribution in [0, 0.1) is 5.82 Å². The van der Waals surface area contributed by atoms with Crippen molar-refractivity contribution in [1.82, 2.24) is 14.9 Å². The Balaban J connectivity index is 1.37. The van der Waals surface area contributed by atoms with Gasteiger partial charge in [0, 0.05) is 35.5 Å². The molecule has 1 saturated carbocycles. The Kier molecular flexibility index (Phi) is 3.82. The van der Waals surface area contributed by atoms with Crippen molar-refractivity contribution in [3.05, 3.63) is 57.0 Å². The molecule has 0 unspecified atom stereocenters. The van der Waals surface area contributed by atoms with Crippen LogP contribution in [0.1, 0.15) is 65.5 Å². The first-order valence-electron chi connectivity index (χ1n) is 9.88. The number of phenols is 1. The number of aromatic amines is 1. The van der Waals surface area contributed by atoms with E-state index in [4.69, 9.17) is 4.98 Å². The summed E-state index contributed by atoms with van der Waals surface area (Å²) < 4.78 is 13.3. The molecule has 2 aliphatic carbocycles. The third kappa shape index (κ3) is 2.72. The van der Waals surface area contributed by atoms with Gasteiger partial charge in [-0.1, -0.05) is 0 Å². The first-order valence-corrected chi connectivity index (χ1v) is 9.88. The maximum absolute atomic E-state index is 13.3. The molecule has 146 valence electrons. The van der Waals surface area contributed by atoms with Crippen LogP contribution < -0.4 is 5.56 Å². The topological polar surface area (TPSA) is 86.3 Å². The number of amides is 1. The van der Waals surface area contributed by atoms with Crippen LogP contribution >= 0.6 is 0 Å². The van der Waals surface area contributed by atoms with Gasteiger partial charge in [-0.05, 0) is 56.7 Å². The molecule has 1 aromatic heterocycles. The number of carbonyl (C=O) groups excluding carboxylic acids is 1. The lowest BCUT2D eigenvalue weighted by Gasteiger charge is -2.39. The number of rotatable bonds is 2.